The SMILES string of the molecule is O=C(CC[C@H]1CN(C2Cc3ccccc3C2)CC[C@H]1N1CCN(c2ccccc2F)CC1)N1CCC(O)CC1. The third-order valence-electron chi connectivity index (χ3n) is 9.79. The van der Waals surface area contributed by atoms with Gasteiger partial charge in [-0.3, -0.25) is 14.6 Å². The summed E-state index contributed by atoms with van der Waals surface area (Å²) in [5.41, 5.74) is 3.70. The molecular weight excluding hydrogens is 491 g/mol. The maximum absolute atomic E-state index is 14.4. The maximum Gasteiger partial charge on any atom is 0.222 e. The fraction of sp³-hybridized carbons (Fsp3) is 0.594. The van der Waals surface area contributed by atoms with Crippen LogP contribution in [-0.2, 0) is 17.6 Å². The van der Waals surface area contributed by atoms with Crippen molar-refractivity contribution < 1.29 is 14.3 Å². The molecule has 1 N–H and O–H groups in total. The van der Waals surface area contributed by atoms with Gasteiger partial charge in [0, 0.05) is 64.3 Å². The van der Waals surface area contributed by atoms with Gasteiger partial charge < -0.3 is 14.9 Å². The molecule has 6 rings (SSSR count). The number of hydrogen-bond acceptors (Lipinski definition) is 5. The quantitative estimate of drug-likeness (QED) is 0.614. The Balaban J connectivity index is 1.11. The standard InChI is InChI=1S/C32H43FN4O2/c33-29-7-3-4-8-31(29)35-19-17-34(18-20-35)30-13-16-37(27-21-24-5-1-2-6-25(24)22-27)23-26(30)9-10-32(39)36-14-11-28(38)12-15-36/h1-8,26-28,30,38H,9-23H2/t26-,30+/m0/s1. The number of rotatable bonds is 6. The van der Waals surface area contributed by atoms with E-state index >= 15 is 0 Å². The predicted molar refractivity (Wildman–Crippen MR) is 152 cm³/mol. The van der Waals surface area contributed by atoms with E-state index in [1.165, 1.54) is 11.1 Å². The molecule has 1 amide bonds. The summed E-state index contributed by atoms with van der Waals surface area (Å²) in [4.78, 5) is 22.6. The Labute approximate surface area is 232 Å². The molecular formula is C32H43FN4O2. The second kappa shape index (κ2) is 11.9. The van der Waals surface area contributed by atoms with Crippen LogP contribution in [0.1, 0.15) is 43.2 Å². The number of anilines is 1. The predicted octanol–water partition coefficient (Wildman–Crippen LogP) is 3.57. The van der Waals surface area contributed by atoms with E-state index in [4.69, 9.17) is 0 Å². The average Bonchev–Trinajstić information content (AvgIpc) is 3.41. The van der Waals surface area contributed by atoms with E-state index in [-0.39, 0.29) is 17.8 Å². The number of carbonyl (C=O) groups excluding carboxylic acids is 1. The number of piperazine rings is 1. The Morgan fingerprint density at radius 3 is 2.18 bits per heavy atom. The number of aliphatic hydroxyl groups is 1. The van der Waals surface area contributed by atoms with Gasteiger partial charge in [0.15, 0.2) is 0 Å². The number of piperidine rings is 2. The Hall–Kier alpha value is -2.48. The summed E-state index contributed by atoms with van der Waals surface area (Å²) < 4.78 is 14.4. The monoisotopic (exact) mass is 534 g/mol. The van der Waals surface area contributed by atoms with E-state index in [1.54, 1.807) is 12.1 Å². The third-order valence-corrected chi connectivity index (χ3v) is 9.79. The number of halogens is 1. The van der Waals surface area contributed by atoms with Gasteiger partial charge >= 0.3 is 0 Å². The van der Waals surface area contributed by atoms with Gasteiger partial charge in [-0.1, -0.05) is 36.4 Å². The van der Waals surface area contributed by atoms with Crippen LogP contribution in [0.15, 0.2) is 48.5 Å². The third kappa shape index (κ3) is 6.01. The number of carbonyl (C=O) groups is 1. The molecule has 0 saturated carbocycles. The minimum atomic E-state index is -0.260. The summed E-state index contributed by atoms with van der Waals surface area (Å²) >= 11 is 0. The maximum atomic E-state index is 14.4. The molecule has 3 heterocycles. The van der Waals surface area contributed by atoms with Gasteiger partial charge in [0.2, 0.25) is 5.91 Å². The second-order valence-corrected chi connectivity index (χ2v) is 12.1. The number of hydrogen-bond donors (Lipinski definition) is 1. The highest BCUT2D eigenvalue weighted by molar-refractivity contribution is 5.76. The molecule has 4 aliphatic rings. The zero-order chi connectivity index (χ0) is 26.8. The van der Waals surface area contributed by atoms with Gasteiger partial charge in [0.1, 0.15) is 5.82 Å². The molecule has 2 aromatic carbocycles. The number of aliphatic hydroxyl groups excluding tert-OH is 1. The number of fused-ring (bicyclic) bond motifs is 1. The van der Waals surface area contributed by atoms with Crippen molar-refractivity contribution >= 4 is 11.6 Å². The molecule has 0 spiro atoms. The molecule has 3 saturated heterocycles. The van der Waals surface area contributed by atoms with Gasteiger partial charge in [-0.25, -0.2) is 4.39 Å². The van der Waals surface area contributed by atoms with Crippen LogP contribution in [0, 0.1) is 11.7 Å². The van der Waals surface area contributed by atoms with Gasteiger partial charge in [-0.2, -0.15) is 0 Å². The van der Waals surface area contributed by atoms with Crippen molar-refractivity contribution in [2.75, 3.05) is 57.3 Å². The molecule has 0 radical (unpaired) electrons. The van der Waals surface area contributed by atoms with Gasteiger partial charge in [0.05, 0.1) is 11.8 Å². The summed E-state index contributed by atoms with van der Waals surface area (Å²) in [5, 5.41) is 9.85. The Morgan fingerprint density at radius 1 is 0.821 bits per heavy atom. The van der Waals surface area contributed by atoms with Gasteiger partial charge in [0.25, 0.3) is 0 Å². The minimum Gasteiger partial charge on any atom is -0.393 e. The lowest BCUT2D eigenvalue weighted by Crippen LogP contribution is -2.58. The normalized spacial score (nSPS) is 25.7. The molecule has 1 aliphatic carbocycles. The van der Waals surface area contributed by atoms with Gasteiger partial charge in [-0.15, -0.1) is 0 Å². The van der Waals surface area contributed by atoms with Crippen LogP contribution in [0.5, 0.6) is 0 Å². The van der Waals surface area contributed by atoms with Crippen LogP contribution in [0.25, 0.3) is 0 Å². The molecule has 210 valence electrons. The number of para-hydroxylation sites is 1. The molecule has 0 unspecified atom stereocenters. The summed E-state index contributed by atoms with van der Waals surface area (Å²) in [5.74, 6) is 0.552. The van der Waals surface area contributed by atoms with E-state index in [0.29, 0.717) is 56.0 Å². The average molecular weight is 535 g/mol. The summed E-state index contributed by atoms with van der Waals surface area (Å²) in [7, 11) is 0. The van der Waals surface area contributed by atoms with Crippen LogP contribution in [0.3, 0.4) is 0 Å². The van der Waals surface area contributed by atoms with Crippen LogP contribution < -0.4 is 4.90 Å². The summed E-state index contributed by atoms with van der Waals surface area (Å²) in [6.45, 7) is 7.04. The number of likely N-dealkylation sites (tertiary alicyclic amines) is 2. The highest BCUT2D eigenvalue weighted by Crippen LogP contribution is 2.33. The lowest BCUT2D eigenvalue weighted by Gasteiger charge is -2.48. The largest absolute Gasteiger partial charge is 0.393 e. The molecule has 0 aromatic heterocycles. The van der Waals surface area contributed by atoms with Crippen molar-refractivity contribution in [2.24, 2.45) is 5.92 Å². The van der Waals surface area contributed by atoms with Gasteiger partial charge in [-0.05, 0) is 74.2 Å². The van der Waals surface area contributed by atoms with E-state index in [9.17, 15) is 14.3 Å². The first-order valence-corrected chi connectivity index (χ1v) is 15.1. The first-order chi connectivity index (χ1) is 19.0. The first-order valence-electron chi connectivity index (χ1n) is 15.1. The van der Waals surface area contributed by atoms with Crippen molar-refractivity contribution in [3.8, 4) is 0 Å². The zero-order valence-electron chi connectivity index (χ0n) is 23.1. The number of benzene rings is 2. The summed E-state index contributed by atoms with van der Waals surface area (Å²) in [6.07, 6.45) is 6.01. The van der Waals surface area contributed by atoms with E-state index in [1.807, 2.05) is 17.0 Å². The topological polar surface area (TPSA) is 50.3 Å². The smallest absolute Gasteiger partial charge is 0.222 e. The Bertz CT molecular complexity index is 1100. The van der Waals surface area contributed by atoms with Crippen LogP contribution in [-0.4, -0.2) is 96.3 Å². The summed E-state index contributed by atoms with van der Waals surface area (Å²) in [6, 6.07) is 17.0. The van der Waals surface area contributed by atoms with Crippen molar-refractivity contribution in [3.05, 3.63) is 65.5 Å². The van der Waals surface area contributed by atoms with Crippen molar-refractivity contribution in [1.29, 1.82) is 0 Å². The highest BCUT2D eigenvalue weighted by Gasteiger charge is 2.38. The number of nitrogens with zero attached hydrogens (tertiary/aromatic N) is 4. The van der Waals surface area contributed by atoms with Crippen molar-refractivity contribution in [2.45, 2.75) is 63.1 Å². The lowest BCUT2D eigenvalue weighted by molar-refractivity contribution is -0.133. The molecule has 3 fully saturated rings. The fourth-order valence-corrected chi connectivity index (χ4v) is 7.52. The van der Waals surface area contributed by atoms with Crippen LogP contribution >= 0.6 is 0 Å². The van der Waals surface area contributed by atoms with Crippen LogP contribution in [0.2, 0.25) is 0 Å². The second-order valence-electron chi connectivity index (χ2n) is 12.1. The van der Waals surface area contributed by atoms with E-state index < -0.39 is 0 Å². The van der Waals surface area contributed by atoms with E-state index in [0.717, 1.165) is 65.0 Å². The first kappa shape index (κ1) is 26.7. The fourth-order valence-electron chi connectivity index (χ4n) is 7.52. The molecule has 2 aromatic rings. The zero-order valence-corrected chi connectivity index (χ0v) is 23.1. The lowest BCUT2D eigenvalue weighted by atomic mass is 9.85. The molecule has 7 heteroatoms. The molecule has 2 atom stereocenters. The van der Waals surface area contributed by atoms with Crippen molar-refractivity contribution in [1.82, 2.24) is 14.7 Å². The molecule has 0 bridgehead atoms. The Morgan fingerprint density at radius 2 is 1.49 bits per heavy atom. The minimum absolute atomic E-state index is 0.140. The molecule has 6 nitrogen and oxygen atoms in total. The Kier molecular flexibility index (Phi) is 8.19. The number of amides is 1. The van der Waals surface area contributed by atoms with Crippen LogP contribution in [0.4, 0.5) is 10.1 Å². The molecule has 39 heavy (non-hydrogen) atoms. The molecule has 3 aliphatic heterocycles. The van der Waals surface area contributed by atoms with E-state index in [2.05, 4.69) is 39.0 Å². The van der Waals surface area contributed by atoms with Crippen molar-refractivity contribution in [3.63, 3.8) is 0 Å². The highest BCUT2D eigenvalue weighted by atomic mass is 19.1.